The Bertz CT molecular complexity index is 787. The molecule has 1 aromatic carbocycles. The molecule has 0 radical (unpaired) electrons. The number of aliphatic imine (C=N–C) groups is 1. The Morgan fingerprint density at radius 3 is 2.73 bits per heavy atom. The number of benzene rings is 1. The minimum Gasteiger partial charge on any atom is -0.469 e. The first-order valence-electron chi connectivity index (χ1n) is 8.39. The molecule has 0 saturated heterocycles. The number of furan rings is 1. The predicted octanol–water partition coefficient (Wildman–Crippen LogP) is 4.32. The summed E-state index contributed by atoms with van der Waals surface area (Å²) in [5.41, 5.74) is 2.14. The Kier molecular flexibility index (Phi) is 8.63. The molecule has 138 valence electrons. The van der Waals surface area contributed by atoms with E-state index < -0.39 is 0 Å². The van der Waals surface area contributed by atoms with Crippen LogP contribution in [0.2, 0.25) is 0 Å². The van der Waals surface area contributed by atoms with Crippen LogP contribution in [0.4, 0.5) is 0 Å². The molecule has 5 nitrogen and oxygen atoms in total. The fourth-order valence-corrected chi connectivity index (χ4v) is 3.10. The van der Waals surface area contributed by atoms with Gasteiger partial charge in [0, 0.05) is 30.5 Å². The molecule has 2 heterocycles. The van der Waals surface area contributed by atoms with Gasteiger partial charge >= 0.3 is 0 Å². The molecule has 0 amide bonds. The average molecular weight is 482 g/mol. The zero-order valence-electron chi connectivity index (χ0n) is 14.6. The fraction of sp³-hybridized carbons (Fsp3) is 0.263. The quantitative estimate of drug-likeness (QED) is 0.299. The number of aromatic nitrogens is 1. The number of thiazole rings is 1. The van der Waals surface area contributed by atoms with E-state index in [0.29, 0.717) is 6.54 Å². The largest absolute Gasteiger partial charge is 0.469 e. The van der Waals surface area contributed by atoms with Crippen LogP contribution in [-0.2, 0) is 13.0 Å². The highest BCUT2D eigenvalue weighted by molar-refractivity contribution is 14.0. The summed E-state index contributed by atoms with van der Waals surface area (Å²) in [6.07, 6.45) is 2.52. The van der Waals surface area contributed by atoms with Crippen LogP contribution in [0.3, 0.4) is 0 Å². The molecule has 26 heavy (non-hydrogen) atoms. The van der Waals surface area contributed by atoms with Crippen molar-refractivity contribution in [2.45, 2.75) is 19.9 Å². The molecule has 0 aliphatic carbocycles. The molecule has 2 aromatic heterocycles. The van der Waals surface area contributed by atoms with Crippen LogP contribution in [0.25, 0.3) is 11.3 Å². The average Bonchev–Trinajstić information content (AvgIpc) is 3.32. The van der Waals surface area contributed by atoms with E-state index in [0.717, 1.165) is 47.5 Å². The first-order valence-corrected chi connectivity index (χ1v) is 9.27. The molecule has 0 atom stereocenters. The van der Waals surface area contributed by atoms with Crippen LogP contribution in [0.5, 0.6) is 0 Å². The first-order chi connectivity index (χ1) is 12.3. The van der Waals surface area contributed by atoms with E-state index in [1.807, 2.05) is 30.3 Å². The summed E-state index contributed by atoms with van der Waals surface area (Å²) in [6.45, 7) is 4.21. The maximum absolute atomic E-state index is 5.34. The van der Waals surface area contributed by atoms with Gasteiger partial charge in [0.15, 0.2) is 5.96 Å². The number of hydrogen-bond donors (Lipinski definition) is 2. The maximum atomic E-state index is 5.34. The van der Waals surface area contributed by atoms with E-state index in [1.54, 1.807) is 17.6 Å². The summed E-state index contributed by atoms with van der Waals surface area (Å²) in [5, 5.41) is 9.66. The Balaban J connectivity index is 0.00000243. The van der Waals surface area contributed by atoms with E-state index in [-0.39, 0.29) is 24.0 Å². The van der Waals surface area contributed by atoms with Gasteiger partial charge in [-0.1, -0.05) is 30.3 Å². The topological polar surface area (TPSA) is 62.5 Å². The highest BCUT2D eigenvalue weighted by Crippen LogP contribution is 2.21. The second kappa shape index (κ2) is 11.0. The van der Waals surface area contributed by atoms with Crippen molar-refractivity contribution < 1.29 is 4.42 Å². The van der Waals surface area contributed by atoms with Crippen LogP contribution in [-0.4, -0.2) is 24.0 Å². The van der Waals surface area contributed by atoms with Gasteiger partial charge in [0.2, 0.25) is 0 Å². The van der Waals surface area contributed by atoms with Gasteiger partial charge in [-0.15, -0.1) is 35.3 Å². The summed E-state index contributed by atoms with van der Waals surface area (Å²) in [4.78, 5) is 9.30. The summed E-state index contributed by atoms with van der Waals surface area (Å²) >= 11 is 1.64. The second-order valence-corrected chi connectivity index (χ2v) is 6.39. The minimum atomic E-state index is 0. The first kappa shape index (κ1) is 20.4. The van der Waals surface area contributed by atoms with Gasteiger partial charge in [0.05, 0.1) is 18.5 Å². The van der Waals surface area contributed by atoms with Crippen LogP contribution in [0, 0.1) is 0 Å². The molecule has 0 fully saturated rings. The smallest absolute Gasteiger partial charge is 0.191 e. The van der Waals surface area contributed by atoms with E-state index in [2.05, 4.69) is 45.0 Å². The third kappa shape index (κ3) is 6.14. The van der Waals surface area contributed by atoms with Crippen molar-refractivity contribution in [3.8, 4) is 11.3 Å². The Morgan fingerprint density at radius 2 is 2.00 bits per heavy atom. The lowest BCUT2D eigenvalue weighted by atomic mass is 10.2. The number of halogens is 1. The maximum Gasteiger partial charge on any atom is 0.191 e. The Hall–Kier alpha value is -1.87. The van der Waals surface area contributed by atoms with Gasteiger partial charge in [-0.25, -0.2) is 9.98 Å². The van der Waals surface area contributed by atoms with Crippen molar-refractivity contribution in [2.24, 2.45) is 4.99 Å². The van der Waals surface area contributed by atoms with E-state index in [9.17, 15) is 0 Å². The van der Waals surface area contributed by atoms with E-state index in [1.165, 1.54) is 0 Å². The van der Waals surface area contributed by atoms with Crippen molar-refractivity contribution in [1.29, 1.82) is 0 Å². The molecule has 0 saturated carbocycles. The van der Waals surface area contributed by atoms with Crippen LogP contribution in [0.1, 0.15) is 17.7 Å². The van der Waals surface area contributed by atoms with Crippen molar-refractivity contribution in [2.75, 3.05) is 13.1 Å². The van der Waals surface area contributed by atoms with Crippen molar-refractivity contribution in [3.63, 3.8) is 0 Å². The highest BCUT2D eigenvalue weighted by Gasteiger charge is 2.05. The van der Waals surface area contributed by atoms with Crippen LogP contribution < -0.4 is 10.6 Å². The number of rotatable bonds is 7. The molecule has 3 rings (SSSR count). The van der Waals surface area contributed by atoms with Gasteiger partial charge < -0.3 is 15.1 Å². The van der Waals surface area contributed by atoms with Gasteiger partial charge in [0.25, 0.3) is 0 Å². The summed E-state index contributed by atoms with van der Waals surface area (Å²) < 4.78 is 5.34. The standard InChI is InChI=1S/C19H22N4OS.HI/c1-2-20-19(21-11-10-16-9-6-12-24-16)22-13-18-23-17(14-25-18)15-7-4-3-5-8-15;/h3-9,12,14H,2,10-11,13H2,1H3,(H2,20,21,22);1H. The predicted molar refractivity (Wildman–Crippen MR) is 118 cm³/mol. The molecule has 0 aliphatic rings. The second-order valence-electron chi connectivity index (χ2n) is 5.44. The zero-order valence-corrected chi connectivity index (χ0v) is 17.8. The molecule has 0 unspecified atom stereocenters. The lowest BCUT2D eigenvalue weighted by Crippen LogP contribution is -2.38. The fourth-order valence-electron chi connectivity index (χ4n) is 2.37. The molecular weight excluding hydrogens is 459 g/mol. The van der Waals surface area contributed by atoms with Crippen molar-refractivity contribution in [1.82, 2.24) is 15.6 Å². The Morgan fingerprint density at radius 1 is 1.15 bits per heavy atom. The molecule has 2 N–H and O–H groups in total. The lowest BCUT2D eigenvalue weighted by molar-refractivity contribution is 0.507. The summed E-state index contributed by atoms with van der Waals surface area (Å²) in [5.74, 6) is 1.77. The summed E-state index contributed by atoms with van der Waals surface area (Å²) in [7, 11) is 0. The Labute approximate surface area is 175 Å². The number of hydrogen-bond acceptors (Lipinski definition) is 4. The van der Waals surface area contributed by atoms with E-state index >= 15 is 0 Å². The van der Waals surface area contributed by atoms with Crippen molar-refractivity contribution in [3.05, 3.63) is 64.9 Å². The van der Waals surface area contributed by atoms with E-state index in [4.69, 9.17) is 4.42 Å². The van der Waals surface area contributed by atoms with Gasteiger partial charge in [-0.2, -0.15) is 0 Å². The molecule has 0 spiro atoms. The molecule has 0 bridgehead atoms. The number of nitrogens with one attached hydrogen (secondary N) is 2. The minimum absolute atomic E-state index is 0. The van der Waals surface area contributed by atoms with Gasteiger partial charge in [0.1, 0.15) is 10.8 Å². The van der Waals surface area contributed by atoms with Crippen molar-refractivity contribution >= 4 is 41.3 Å². The molecule has 3 aromatic rings. The molecular formula is C19H23IN4OS. The third-order valence-corrected chi connectivity index (χ3v) is 4.42. The molecule has 0 aliphatic heterocycles. The van der Waals surface area contributed by atoms with Crippen LogP contribution in [0.15, 0.2) is 63.5 Å². The van der Waals surface area contributed by atoms with Crippen LogP contribution >= 0.6 is 35.3 Å². The zero-order chi connectivity index (χ0) is 17.3. The number of nitrogens with zero attached hydrogens (tertiary/aromatic N) is 2. The summed E-state index contributed by atoms with van der Waals surface area (Å²) in [6, 6.07) is 14.1. The monoisotopic (exact) mass is 482 g/mol. The molecule has 7 heteroatoms. The van der Waals surface area contributed by atoms with Gasteiger partial charge in [-0.3, -0.25) is 0 Å². The number of guanidine groups is 1. The van der Waals surface area contributed by atoms with Gasteiger partial charge in [-0.05, 0) is 19.1 Å². The third-order valence-electron chi connectivity index (χ3n) is 3.58. The lowest BCUT2D eigenvalue weighted by Gasteiger charge is -2.10. The normalized spacial score (nSPS) is 11.0. The highest BCUT2D eigenvalue weighted by atomic mass is 127. The SMILES string of the molecule is CCNC(=NCc1nc(-c2ccccc2)cs1)NCCc1ccco1.I.